The summed E-state index contributed by atoms with van der Waals surface area (Å²) in [5.74, 6) is -0.0961. The zero-order valence-electron chi connectivity index (χ0n) is 11.3. The van der Waals surface area contributed by atoms with E-state index in [4.69, 9.17) is 4.84 Å². The lowest BCUT2D eigenvalue weighted by atomic mass is 9.95. The van der Waals surface area contributed by atoms with Crippen molar-refractivity contribution in [2.24, 2.45) is 5.16 Å². The van der Waals surface area contributed by atoms with Crippen LogP contribution in [0.2, 0.25) is 0 Å². The first kappa shape index (κ1) is 15.0. The summed E-state index contributed by atoms with van der Waals surface area (Å²) in [6.45, 7) is -0.0303. The predicted octanol–water partition coefficient (Wildman–Crippen LogP) is 3.25. The summed E-state index contributed by atoms with van der Waals surface area (Å²) in [6.07, 6.45) is 7.42. The van der Waals surface area contributed by atoms with Gasteiger partial charge in [-0.3, -0.25) is 4.79 Å². The normalized spacial score (nSPS) is 16.2. The average Bonchev–Trinajstić information content (AvgIpc) is 2.46. The molecule has 1 aliphatic carbocycles. The second-order valence-corrected chi connectivity index (χ2v) is 5.79. The molecule has 1 aliphatic rings. The number of nitrogens with zero attached hydrogens (tertiary/aromatic N) is 1. The van der Waals surface area contributed by atoms with Gasteiger partial charge in [0.05, 0.1) is 6.21 Å². The Morgan fingerprint density at radius 1 is 1.35 bits per heavy atom. The largest absolute Gasteiger partial charge is 0.386 e. The fraction of sp³-hybridized carbons (Fsp3) is 0.467. The van der Waals surface area contributed by atoms with Crippen molar-refractivity contribution in [1.82, 2.24) is 5.32 Å². The highest BCUT2D eigenvalue weighted by Crippen LogP contribution is 2.17. The van der Waals surface area contributed by atoms with Gasteiger partial charge in [0, 0.05) is 16.1 Å². The number of benzene rings is 1. The monoisotopic (exact) mass is 338 g/mol. The molecule has 0 saturated heterocycles. The molecule has 4 nitrogen and oxygen atoms in total. The molecule has 108 valence electrons. The quantitative estimate of drug-likeness (QED) is 0.661. The maximum absolute atomic E-state index is 11.7. The van der Waals surface area contributed by atoms with Crippen LogP contribution in [0.4, 0.5) is 0 Å². The van der Waals surface area contributed by atoms with E-state index in [9.17, 15) is 4.79 Å². The van der Waals surface area contributed by atoms with Crippen LogP contribution >= 0.6 is 15.9 Å². The lowest BCUT2D eigenvalue weighted by Gasteiger charge is -2.22. The van der Waals surface area contributed by atoms with E-state index < -0.39 is 0 Å². The van der Waals surface area contributed by atoms with Gasteiger partial charge in [-0.1, -0.05) is 58.5 Å². The molecule has 5 heteroatoms. The molecule has 0 heterocycles. The van der Waals surface area contributed by atoms with Gasteiger partial charge in [-0.25, -0.2) is 0 Å². The minimum Gasteiger partial charge on any atom is -0.386 e. The summed E-state index contributed by atoms with van der Waals surface area (Å²) in [6, 6.07) is 8.00. The van der Waals surface area contributed by atoms with E-state index in [2.05, 4.69) is 26.4 Å². The molecule has 0 spiro atoms. The summed E-state index contributed by atoms with van der Waals surface area (Å²) >= 11 is 3.42. The van der Waals surface area contributed by atoms with Crippen molar-refractivity contribution in [3.63, 3.8) is 0 Å². The van der Waals surface area contributed by atoms with Gasteiger partial charge in [0.1, 0.15) is 0 Å². The maximum Gasteiger partial charge on any atom is 0.260 e. The van der Waals surface area contributed by atoms with Crippen LogP contribution in [0, 0.1) is 0 Å². The van der Waals surface area contributed by atoms with E-state index in [1.54, 1.807) is 6.21 Å². The third-order valence-electron chi connectivity index (χ3n) is 3.34. The molecule has 0 unspecified atom stereocenters. The summed E-state index contributed by atoms with van der Waals surface area (Å²) in [5, 5.41) is 6.80. The molecule has 1 fully saturated rings. The Morgan fingerprint density at radius 3 is 2.85 bits per heavy atom. The molecule has 0 aliphatic heterocycles. The van der Waals surface area contributed by atoms with Crippen LogP contribution in [-0.4, -0.2) is 24.8 Å². The number of hydrogen-bond donors (Lipinski definition) is 1. The number of carbonyl (C=O) groups excluding carboxylic acids is 1. The van der Waals surface area contributed by atoms with Gasteiger partial charge in [-0.2, -0.15) is 0 Å². The first-order valence-electron chi connectivity index (χ1n) is 6.95. The highest BCUT2D eigenvalue weighted by atomic mass is 79.9. The summed E-state index contributed by atoms with van der Waals surface area (Å²) < 4.78 is 0.944. The first-order chi connectivity index (χ1) is 9.75. The second-order valence-electron chi connectivity index (χ2n) is 4.93. The molecule has 1 N–H and O–H groups in total. The van der Waals surface area contributed by atoms with E-state index in [-0.39, 0.29) is 12.5 Å². The molecule has 0 atom stereocenters. The summed E-state index contributed by atoms with van der Waals surface area (Å²) in [7, 11) is 0. The van der Waals surface area contributed by atoms with Crippen molar-refractivity contribution in [3.05, 3.63) is 34.3 Å². The molecule has 2 rings (SSSR count). The fourth-order valence-electron chi connectivity index (χ4n) is 2.29. The first-order valence-corrected chi connectivity index (χ1v) is 7.74. The Morgan fingerprint density at radius 2 is 2.10 bits per heavy atom. The Bertz CT molecular complexity index is 471. The molecular weight excluding hydrogens is 320 g/mol. The van der Waals surface area contributed by atoms with Crippen molar-refractivity contribution >= 4 is 28.1 Å². The number of carbonyl (C=O) groups is 1. The molecular formula is C15H19BrN2O2. The van der Waals surface area contributed by atoms with Gasteiger partial charge in [0.15, 0.2) is 6.61 Å². The minimum absolute atomic E-state index is 0.0303. The number of halogens is 1. The van der Waals surface area contributed by atoms with Crippen molar-refractivity contribution in [2.45, 2.75) is 38.1 Å². The Kier molecular flexibility index (Phi) is 6.05. The molecule has 1 aromatic carbocycles. The molecule has 0 bridgehead atoms. The number of nitrogens with one attached hydrogen (secondary N) is 1. The number of amides is 1. The van der Waals surface area contributed by atoms with Gasteiger partial charge in [-0.15, -0.1) is 0 Å². The Balaban J connectivity index is 1.70. The van der Waals surface area contributed by atoms with Crippen LogP contribution in [0.5, 0.6) is 0 Å². The van der Waals surface area contributed by atoms with E-state index >= 15 is 0 Å². The molecule has 0 radical (unpaired) electrons. The average molecular weight is 339 g/mol. The maximum atomic E-state index is 11.7. The van der Waals surface area contributed by atoms with E-state index in [1.165, 1.54) is 19.3 Å². The van der Waals surface area contributed by atoms with Gasteiger partial charge in [-0.05, 0) is 18.9 Å². The third-order valence-corrected chi connectivity index (χ3v) is 4.06. The number of oxime groups is 1. The highest BCUT2D eigenvalue weighted by molar-refractivity contribution is 9.10. The van der Waals surface area contributed by atoms with Crippen molar-refractivity contribution < 1.29 is 9.63 Å². The third kappa shape index (κ3) is 4.96. The molecule has 1 saturated carbocycles. The van der Waals surface area contributed by atoms with Gasteiger partial charge < -0.3 is 10.2 Å². The minimum atomic E-state index is -0.0961. The van der Waals surface area contributed by atoms with Crippen molar-refractivity contribution in [2.75, 3.05) is 6.61 Å². The zero-order valence-corrected chi connectivity index (χ0v) is 12.9. The predicted molar refractivity (Wildman–Crippen MR) is 82.7 cm³/mol. The lowest BCUT2D eigenvalue weighted by Crippen LogP contribution is -2.38. The van der Waals surface area contributed by atoms with Crippen LogP contribution in [0.3, 0.4) is 0 Å². The van der Waals surface area contributed by atoms with Crippen LogP contribution in [-0.2, 0) is 9.63 Å². The topological polar surface area (TPSA) is 50.7 Å². The molecule has 1 aromatic rings. The molecule has 20 heavy (non-hydrogen) atoms. The summed E-state index contributed by atoms with van der Waals surface area (Å²) in [5.41, 5.74) is 0.917. The molecule has 1 amide bonds. The van der Waals surface area contributed by atoms with E-state index in [0.29, 0.717) is 6.04 Å². The van der Waals surface area contributed by atoms with Crippen LogP contribution in [0.1, 0.15) is 37.7 Å². The van der Waals surface area contributed by atoms with E-state index in [0.717, 1.165) is 22.9 Å². The number of hydrogen-bond acceptors (Lipinski definition) is 3. The van der Waals surface area contributed by atoms with Gasteiger partial charge in [0.25, 0.3) is 5.91 Å². The Labute approximate surface area is 127 Å². The van der Waals surface area contributed by atoms with Crippen molar-refractivity contribution in [1.29, 1.82) is 0 Å². The standard InChI is InChI=1S/C15H19BrN2O2/c16-14-9-5-4-6-12(14)10-17-20-11-15(19)18-13-7-2-1-3-8-13/h4-6,9-10,13H,1-3,7-8,11H2,(H,18,19)/b17-10-. The SMILES string of the molecule is O=C(CO/N=C\c1ccccc1Br)NC1CCCCC1. The summed E-state index contributed by atoms with van der Waals surface area (Å²) in [4.78, 5) is 16.7. The zero-order chi connectivity index (χ0) is 14.2. The highest BCUT2D eigenvalue weighted by Gasteiger charge is 2.15. The van der Waals surface area contributed by atoms with Crippen LogP contribution in [0.25, 0.3) is 0 Å². The van der Waals surface area contributed by atoms with Gasteiger partial charge in [0.2, 0.25) is 0 Å². The molecule has 0 aromatic heterocycles. The number of rotatable bonds is 5. The second kappa shape index (κ2) is 8.04. The van der Waals surface area contributed by atoms with Crippen LogP contribution in [0.15, 0.2) is 33.9 Å². The lowest BCUT2D eigenvalue weighted by molar-refractivity contribution is -0.126. The smallest absolute Gasteiger partial charge is 0.260 e. The fourth-order valence-corrected chi connectivity index (χ4v) is 2.67. The Hall–Kier alpha value is -1.36. The van der Waals surface area contributed by atoms with E-state index in [1.807, 2.05) is 24.3 Å². The van der Waals surface area contributed by atoms with Gasteiger partial charge >= 0.3 is 0 Å². The van der Waals surface area contributed by atoms with Crippen LogP contribution < -0.4 is 5.32 Å². The van der Waals surface area contributed by atoms with Crippen molar-refractivity contribution in [3.8, 4) is 0 Å².